The Bertz CT molecular complexity index is 988. The molecule has 0 spiro atoms. The van der Waals surface area contributed by atoms with E-state index in [1.54, 1.807) is 24.3 Å². The van der Waals surface area contributed by atoms with Gasteiger partial charge in [0.05, 0.1) is 0 Å². The third-order valence-electron chi connectivity index (χ3n) is 3.83. The summed E-state index contributed by atoms with van der Waals surface area (Å²) in [6.45, 7) is 2.24. The second-order valence-corrected chi connectivity index (χ2v) is 6.58. The standard InChI is InChI=1S/C20H19ClN4O4/c1-13-5-7-14(8-6-13)18-24-20(29-25-18)19(27)23-10-9-22-17(26)12-28-16-4-2-3-15(21)11-16/h2-8,11H,9-10,12H2,1H3,(H,22,26)(H,23,27). The molecule has 0 aliphatic rings. The van der Waals surface area contributed by atoms with Crippen LogP contribution in [0.25, 0.3) is 11.4 Å². The van der Waals surface area contributed by atoms with Gasteiger partial charge < -0.3 is 19.9 Å². The Labute approximate surface area is 172 Å². The van der Waals surface area contributed by atoms with Gasteiger partial charge in [-0.05, 0) is 25.1 Å². The van der Waals surface area contributed by atoms with Crippen LogP contribution in [0.1, 0.15) is 16.2 Å². The molecule has 0 atom stereocenters. The van der Waals surface area contributed by atoms with Gasteiger partial charge in [-0.3, -0.25) is 9.59 Å². The van der Waals surface area contributed by atoms with Crippen molar-refractivity contribution in [2.45, 2.75) is 6.92 Å². The Hall–Kier alpha value is -3.39. The van der Waals surface area contributed by atoms with Gasteiger partial charge >= 0.3 is 11.8 Å². The first-order valence-corrected chi connectivity index (χ1v) is 9.23. The van der Waals surface area contributed by atoms with Crippen LogP contribution in [0.5, 0.6) is 5.75 Å². The third-order valence-corrected chi connectivity index (χ3v) is 4.06. The first kappa shape index (κ1) is 20.3. The maximum atomic E-state index is 12.1. The molecule has 0 unspecified atom stereocenters. The monoisotopic (exact) mass is 414 g/mol. The zero-order valence-electron chi connectivity index (χ0n) is 15.6. The number of nitrogens with zero attached hydrogens (tertiary/aromatic N) is 2. The molecule has 150 valence electrons. The van der Waals surface area contributed by atoms with E-state index in [9.17, 15) is 9.59 Å². The molecule has 2 aromatic carbocycles. The summed E-state index contributed by atoms with van der Waals surface area (Å²) in [6, 6.07) is 14.3. The predicted molar refractivity (Wildman–Crippen MR) is 107 cm³/mol. The van der Waals surface area contributed by atoms with Crippen molar-refractivity contribution in [1.82, 2.24) is 20.8 Å². The van der Waals surface area contributed by atoms with E-state index in [-0.39, 0.29) is 31.5 Å². The van der Waals surface area contributed by atoms with Gasteiger partial charge in [-0.2, -0.15) is 4.98 Å². The Morgan fingerprint density at radius 3 is 2.62 bits per heavy atom. The predicted octanol–water partition coefficient (Wildman–Crippen LogP) is 2.62. The molecule has 3 aromatic rings. The van der Waals surface area contributed by atoms with Gasteiger partial charge in [0.2, 0.25) is 5.82 Å². The van der Waals surface area contributed by atoms with Gasteiger partial charge in [-0.25, -0.2) is 0 Å². The van der Waals surface area contributed by atoms with Crippen molar-refractivity contribution in [3.8, 4) is 17.1 Å². The van der Waals surface area contributed by atoms with E-state index in [4.69, 9.17) is 20.9 Å². The molecule has 0 fully saturated rings. The Kier molecular flexibility index (Phi) is 6.80. The SMILES string of the molecule is Cc1ccc(-c2noc(C(=O)NCCNC(=O)COc3cccc(Cl)c3)n2)cc1. The van der Waals surface area contributed by atoms with E-state index >= 15 is 0 Å². The number of carbonyl (C=O) groups excluding carboxylic acids is 2. The number of nitrogens with one attached hydrogen (secondary N) is 2. The lowest BCUT2D eigenvalue weighted by Gasteiger charge is -2.08. The van der Waals surface area contributed by atoms with Crippen LogP contribution in [-0.2, 0) is 4.79 Å². The van der Waals surface area contributed by atoms with E-state index in [2.05, 4.69) is 20.8 Å². The zero-order chi connectivity index (χ0) is 20.6. The number of hydrogen-bond acceptors (Lipinski definition) is 6. The van der Waals surface area contributed by atoms with Crippen molar-refractivity contribution in [3.63, 3.8) is 0 Å². The van der Waals surface area contributed by atoms with Crippen molar-refractivity contribution >= 4 is 23.4 Å². The Balaban J connectivity index is 1.38. The molecule has 0 saturated carbocycles. The molecule has 3 rings (SSSR count). The second kappa shape index (κ2) is 9.70. The highest BCUT2D eigenvalue weighted by molar-refractivity contribution is 6.30. The van der Waals surface area contributed by atoms with Crippen LogP contribution in [0.4, 0.5) is 0 Å². The van der Waals surface area contributed by atoms with Crippen LogP contribution in [0.3, 0.4) is 0 Å². The largest absolute Gasteiger partial charge is 0.484 e. The molecule has 0 bridgehead atoms. The second-order valence-electron chi connectivity index (χ2n) is 6.14. The van der Waals surface area contributed by atoms with Crippen molar-refractivity contribution < 1.29 is 18.8 Å². The molecule has 0 aliphatic carbocycles. The van der Waals surface area contributed by atoms with Crippen molar-refractivity contribution in [3.05, 3.63) is 65.0 Å². The normalized spacial score (nSPS) is 10.4. The fourth-order valence-electron chi connectivity index (χ4n) is 2.35. The summed E-state index contributed by atoms with van der Waals surface area (Å²) in [4.78, 5) is 27.9. The van der Waals surface area contributed by atoms with Crippen molar-refractivity contribution in [2.24, 2.45) is 0 Å². The van der Waals surface area contributed by atoms with Gasteiger partial charge in [0.15, 0.2) is 6.61 Å². The summed E-state index contributed by atoms with van der Waals surface area (Å²) in [6.07, 6.45) is 0. The first-order chi connectivity index (χ1) is 14.0. The van der Waals surface area contributed by atoms with Gasteiger partial charge in [0, 0.05) is 23.7 Å². The third kappa shape index (κ3) is 6.05. The lowest BCUT2D eigenvalue weighted by atomic mass is 10.1. The molecule has 0 radical (unpaired) electrons. The maximum Gasteiger partial charge on any atom is 0.316 e. The quantitative estimate of drug-likeness (QED) is 0.549. The van der Waals surface area contributed by atoms with Crippen LogP contribution in [-0.4, -0.2) is 41.7 Å². The van der Waals surface area contributed by atoms with E-state index in [1.807, 2.05) is 31.2 Å². The molecule has 2 amide bonds. The highest BCUT2D eigenvalue weighted by atomic mass is 35.5. The van der Waals surface area contributed by atoms with Crippen LogP contribution in [0.15, 0.2) is 53.1 Å². The average molecular weight is 415 g/mol. The molecule has 0 saturated heterocycles. The number of halogens is 1. The maximum absolute atomic E-state index is 12.1. The minimum absolute atomic E-state index is 0.142. The number of aromatic nitrogens is 2. The Morgan fingerprint density at radius 2 is 1.86 bits per heavy atom. The molecule has 1 aromatic heterocycles. The number of ether oxygens (including phenoxy) is 1. The molecule has 8 nitrogen and oxygen atoms in total. The summed E-state index contributed by atoms with van der Waals surface area (Å²) in [5.41, 5.74) is 1.86. The van der Waals surface area contributed by atoms with E-state index in [0.717, 1.165) is 11.1 Å². The van der Waals surface area contributed by atoms with Crippen molar-refractivity contribution in [2.75, 3.05) is 19.7 Å². The van der Waals surface area contributed by atoms with Gasteiger partial charge in [-0.1, -0.05) is 52.7 Å². The minimum Gasteiger partial charge on any atom is -0.484 e. The molecule has 1 heterocycles. The van der Waals surface area contributed by atoms with Crippen LogP contribution >= 0.6 is 11.6 Å². The number of rotatable bonds is 8. The average Bonchev–Trinajstić information content (AvgIpc) is 3.20. The van der Waals surface area contributed by atoms with E-state index in [0.29, 0.717) is 16.6 Å². The van der Waals surface area contributed by atoms with Gasteiger partial charge in [-0.15, -0.1) is 0 Å². The number of amides is 2. The van der Waals surface area contributed by atoms with Crippen LogP contribution in [0, 0.1) is 6.92 Å². The summed E-state index contributed by atoms with van der Waals surface area (Å²) >= 11 is 5.85. The topological polar surface area (TPSA) is 106 Å². The van der Waals surface area contributed by atoms with Crippen LogP contribution < -0.4 is 15.4 Å². The highest BCUT2D eigenvalue weighted by Gasteiger charge is 2.15. The lowest BCUT2D eigenvalue weighted by molar-refractivity contribution is -0.123. The molecule has 9 heteroatoms. The lowest BCUT2D eigenvalue weighted by Crippen LogP contribution is -2.36. The van der Waals surface area contributed by atoms with Crippen molar-refractivity contribution in [1.29, 1.82) is 0 Å². The highest BCUT2D eigenvalue weighted by Crippen LogP contribution is 2.17. The van der Waals surface area contributed by atoms with Gasteiger partial charge in [0.1, 0.15) is 5.75 Å². The number of hydrogen-bond donors (Lipinski definition) is 2. The summed E-state index contributed by atoms with van der Waals surface area (Å²) < 4.78 is 10.3. The van der Waals surface area contributed by atoms with Gasteiger partial charge in [0.25, 0.3) is 5.91 Å². The first-order valence-electron chi connectivity index (χ1n) is 8.85. The van der Waals surface area contributed by atoms with Crippen LogP contribution in [0.2, 0.25) is 5.02 Å². The molecule has 29 heavy (non-hydrogen) atoms. The minimum atomic E-state index is -0.514. The van der Waals surface area contributed by atoms with E-state index < -0.39 is 5.91 Å². The number of carbonyl (C=O) groups is 2. The van der Waals surface area contributed by atoms with E-state index in [1.165, 1.54) is 0 Å². The zero-order valence-corrected chi connectivity index (χ0v) is 16.4. The summed E-state index contributed by atoms with van der Waals surface area (Å²) in [5, 5.41) is 9.57. The molecule has 0 aliphatic heterocycles. The summed E-state index contributed by atoms with van der Waals surface area (Å²) in [7, 11) is 0. The fraction of sp³-hybridized carbons (Fsp3) is 0.200. The fourth-order valence-corrected chi connectivity index (χ4v) is 2.53. The molecular weight excluding hydrogens is 396 g/mol. The molecular formula is C20H19ClN4O4. The molecule has 2 N–H and O–H groups in total. The summed E-state index contributed by atoms with van der Waals surface area (Å²) in [5.74, 6) is -0.140. The number of benzene rings is 2. The number of aryl methyl sites for hydroxylation is 1. The Morgan fingerprint density at radius 1 is 1.10 bits per heavy atom. The smallest absolute Gasteiger partial charge is 0.316 e.